The molecule has 0 bridgehead atoms. The van der Waals surface area contributed by atoms with Crippen LogP contribution in [0.5, 0.6) is 5.75 Å². The highest BCUT2D eigenvalue weighted by Gasteiger charge is 2.07. The van der Waals surface area contributed by atoms with E-state index in [4.69, 9.17) is 15.9 Å². The average molecular weight is 341 g/mol. The molecular formula is C14H11BrF2N2O. The summed E-state index contributed by atoms with van der Waals surface area (Å²) in [7, 11) is 0. The monoisotopic (exact) mass is 340 g/mol. The van der Waals surface area contributed by atoms with Crippen molar-refractivity contribution in [2.75, 3.05) is 0 Å². The first-order valence-electron chi connectivity index (χ1n) is 5.67. The largest absolute Gasteiger partial charge is 0.486 e. The third-order valence-corrected chi connectivity index (χ3v) is 3.02. The summed E-state index contributed by atoms with van der Waals surface area (Å²) in [6.45, 7) is 0.0344. The molecule has 0 amide bonds. The SMILES string of the molecule is N=C(N)c1ccc(OCc2cc(F)cc(Br)c2)c(F)c1. The Kier molecular flexibility index (Phi) is 4.34. The van der Waals surface area contributed by atoms with Crippen LogP contribution in [-0.2, 0) is 6.61 Å². The van der Waals surface area contributed by atoms with Crippen molar-refractivity contribution in [3.8, 4) is 5.75 Å². The Morgan fingerprint density at radius 3 is 2.55 bits per heavy atom. The summed E-state index contributed by atoms with van der Waals surface area (Å²) in [4.78, 5) is 0. The molecule has 0 aliphatic rings. The van der Waals surface area contributed by atoms with Crippen molar-refractivity contribution in [3.05, 3.63) is 63.6 Å². The number of hydrogen-bond acceptors (Lipinski definition) is 2. The van der Waals surface area contributed by atoms with Crippen LogP contribution in [0.4, 0.5) is 8.78 Å². The van der Waals surface area contributed by atoms with Gasteiger partial charge in [-0.2, -0.15) is 0 Å². The minimum atomic E-state index is -0.617. The predicted octanol–water partition coefficient (Wildman–Crippen LogP) is 3.59. The maximum absolute atomic E-state index is 13.7. The lowest BCUT2D eigenvalue weighted by molar-refractivity contribution is 0.289. The summed E-state index contributed by atoms with van der Waals surface area (Å²) in [6.07, 6.45) is 0. The van der Waals surface area contributed by atoms with Gasteiger partial charge in [-0.3, -0.25) is 5.41 Å². The highest BCUT2D eigenvalue weighted by Crippen LogP contribution is 2.21. The molecule has 0 radical (unpaired) electrons. The van der Waals surface area contributed by atoms with E-state index in [0.717, 1.165) is 6.07 Å². The number of nitrogens with two attached hydrogens (primary N) is 1. The zero-order chi connectivity index (χ0) is 14.7. The fourth-order valence-corrected chi connectivity index (χ4v) is 2.15. The second-order valence-electron chi connectivity index (χ2n) is 4.13. The van der Waals surface area contributed by atoms with Gasteiger partial charge in [-0.25, -0.2) is 8.78 Å². The Labute approximate surface area is 123 Å². The van der Waals surface area contributed by atoms with Crippen LogP contribution in [-0.4, -0.2) is 5.84 Å². The fraction of sp³-hybridized carbons (Fsp3) is 0.0714. The van der Waals surface area contributed by atoms with Gasteiger partial charge in [0.25, 0.3) is 0 Å². The van der Waals surface area contributed by atoms with Crippen molar-refractivity contribution < 1.29 is 13.5 Å². The van der Waals surface area contributed by atoms with Gasteiger partial charge in [0.1, 0.15) is 18.3 Å². The maximum atomic E-state index is 13.7. The highest BCUT2D eigenvalue weighted by molar-refractivity contribution is 9.10. The van der Waals surface area contributed by atoms with Gasteiger partial charge in [0, 0.05) is 10.0 Å². The first kappa shape index (κ1) is 14.5. The van der Waals surface area contributed by atoms with Crippen molar-refractivity contribution in [1.82, 2.24) is 0 Å². The van der Waals surface area contributed by atoms with Gasteiger partial charge in [0.2, 0.25) is 0 Å². The lowest BCUT2D eigenvalue weighted by Gasteiger charge is -2.09. The smallest absolute Gasteiger partial charge is 0.165 e. The zero-order valence-electron chi connectivity index (χ0n) is 10.3. The van der Waals surface area contributed by atoms with Crippen molar-refractivity contribution in [2.45, 2.75) is 6.61 Å². The summed E-state index contributed by atoms with van der Waals surface area (Å²) < 4.78 is 32.8. The van der Waals surface area contributed by atoms with Gasteiger partial charge in [0.15, 0.2) is 11.6 Å². The quantitative estimate of drug-likeness (QED) is 0.660. The third kappa shape index (κ3) is 3.54. The van der Waals surface area contributed by atoms with E-state index in [9.17, 15) is 8.78 Å². The molecule has 104 valence electrons. The molecule has 0 atom stereocenters. The Morgan fingerprint density at radius 2 is 1.95 bits per heavy atom. The van der Waals surface area contributed by atoms with Crippen molar-refractivity contribution in [1.29, 1.82) is 5.41 Å². The zero-order valence-corrected chi connectivity index (χ0v) is 11.9. The van der Waals surface area contributed by atoms with Crippen LogP contribution in [0.15, 0.2) is 40.9 Å². The van der Waals surface area contributed by atoms with E-state index in [2.05, 4.69) is 15.9 Å². The van der Waals surface area contributed by atoms with E-state index >= 15 is 0 Å². The van der Waals surface area contributed by atoms with E-state index in [1.165, 1.54) is 24.3 Å². The minimum absolute atomic E-state index is 0.0235. The Bertz CT molecular complexity index is 641. The van der Waals surface area contributed by atoms with Crippen LogP contribution in [0.2, 0.25) is 0 Å². The molecule has 2 aromatic rings. The number of ether oxygens (including phenoxy) is 1. The van der Waals surface area contributed by atoms with Gasteiger partial charge in [0.05, 0.1) is 0 Å². The van der Waals surface area contributed by atoms with Crippen molar-refractivity contribution in [2.24, 2.45) is 5.73 Å². The maximum Gasteiger partial charge on any atom is 0.165 e. The third-order valence-electron chi connectivity index (χ3n) is 2.56. The second kappa shape index (κ2) is 6.00. The Hall–Kier alpha value is -1.95. The van der Waals surface area contributed by atoms with Gasteiger partial charge >= 0.3 is 0 Å². The number of nitrogen functional groups attached to an aromatic ring is 1. The lowest BCUT2D eigenvalue weighted by atomic mass is 10.2. The van der Waals surface area contributed by atoms with Crippen LogP contribution in [0.1, 0.15) is 11.1 Å². The molecule has 0 aromatic heterocycles. The van der Waals surface area contributed by atoms with Crippen LogP contribution < -0.4 is 10.5 Å². The fourth-order valence-electron chi connectivity index (χ4n) is 1.64. The predicted molar refractivity (Wildman–Crippen MR) is 75.8 cm³/mol. The van der Waals surface area contributed by atoms with Gasteiger partial charge in [-0.1, -0.05) is 15.9 Å². The summed E-state index contributed by atoms with van der Waals surface area (Å²) in [5.74, 6) is -1.21. The summed E-state index contributed by atoms with van der Waals surface area (Å²) >= 11 is 3.17. The van der Waals surface area contributed by atoms with E-state index in [1.54, 1.807) is 6.07 Å². The topological polar surface area (TPSA) is 59.1 Å². The van der Waals surface area contributed by atoms with Crippen LogP contribution >= 0.6 is 15.9 Å². The Balaban J connectivity index is 2.12. The second-order valence-corrected chi connectivity index (χ2v) is 5.04. The number of benzene rings is 2. The molecule has 2 aromatic carbocycles. The number of amidine groups is 1. The molecule has 0 heterocycles. The molecule has 0 fully saturated rings. The molecule has 3 nitrogen and oxygen atoms in total. The lowest BCUT2D eigenvalue weighted by Crippen LogP contribution is -2.11. The summed E-state index contributed by atoms with van der Waals surface area (Å²) in [6, 6.07) is 8.32. The molecule has 0 aliphatic heterocycles. The molecule has 0 saturated carbocycles. The van der Waals surface area contributed by atoms with Crippen LogP contribution in [0.25, 0.3) is 0 Å². The normalized spacial score (nSPS) is 10.3. The van der Waals surface area contributed by atoms with Crippen molar-refractivity contribution >= 4 is 21.8 Å². The molecule has 20 heavy (non-hydrogen) atoms. The molecule has 2 rings (SSSR count). The molecule has 0 saturated heterocycles. The van der Waals surface area contributed by atoms with Crippen molar-refractivity contribution in [3.63, 3.8) is 0 Å². The summed E-state index contributed by atoms with van der Waals surface area (Å²) in [5, 5.41) is 7.21. The minimum Gasteiger partial charge on any atom is -0.486 e. The molecule has 3 N–H and O–H groups in total. The van der Waals surface area contributed by atoms with Gasteiger partial charge in [-0.15, -0.1) is 0 Å². The van der Waals surface area contributed by atoms with E-state index in [0.29, 0.717) is 10.0 Å². The first-order chi connectivity index (χ1) is 9.45. The molecule has 6 heteroatoms. The van der Waals surface area contributed by atoms with E-state index in [-0.39, 0.29) is 23.8 Å². The Morgan fingerprint density at radius 1 is 1.20 bits per heavy atom. The molecule has 0 unspecified atom stereocenters. The van der Waals surface area contributed by atoms with E-state index in [1.807, 2.05) is 0 Å². The molecular weight excluding hydrogens is 330 g/mol. The average Bonchev–Trinajstić information content (AvgIpc) is 2.36. The molecule has 0 aliphatic carbocycles. The number of halogens is 3. The standard InChI is InChI=1S/C14H11BrF2N2O/c15-10-3-8(4-11(16)6-10)7-20-13-2-1-9(14(18)19)5-12(13)17/h1-6H,7H2,(H3,18,19). The van der Waals surface area contributed by atoms with Gasteiger partial charge in [-0.05, 0) is 42.0 Å². The van der Waals surface area contributed by atoms with Crippen LogP contribution in [0, 0.1) is 17.0 Å². The number of hydrogen-bond donors (Lipinski definition) is 2. The number of nitrogens with one attached hydrogen (secondary N) is 1. The summed E-state index contributed by atoms with van der Waals surface area (Å²) in [5.41, 5.74) is 6.12. The number of rotatable bonds is 4. The first-order valence-corrected chi connectivity index (χ1v) is 6.47. The molecule has 0 spiro atoms. The van der Waals surface area contributed by atoms with Crippen LogP contribution in [0.3, 0.4) is 0 Å². The highest BCUT2D eigenvalue weighted by atomic mass is 79.9. The van der Waals surface area contributed by atoms with Gasteiger partial charge < -0.3 is 10.5 Å². The van der Waals surface area contributed by atoms with E-state index < -0.39 is 11.6 Å².